The molecule has 2 unspecified atom stereocenters. The topological polar surface area (TPSA) is 35.2 Å². The molecular formula is C14H15Cl2NOS. The Labute approximate surface area is 127 Å². The van der Waals surface area contributed by atoms with Crippen LogP contribution < -0.4 is 10.5 Å². The molecule has 0 aliphatic carbocycles. The van der Waals surface area contributed by atoms with Gasteiger partial charge in [0.2, 0.25) is 0 Å². The average Bonchev–Trinajstić information content (AvgIpc) is 2.83. The molecule has 0 saturated carbocycles. The van der Waals surface area contributed by atoms with Crippen LogP contribution in [0.5, 0.6) is 5.75 Å². The molecule has 0 aliphatic rings. The third-order valence-electron chi connectivity index (χ3n) is 2.81. The van der Waals surface area contributed by atoms with Crippen molar-refractivity contribution in [1.82, 2.24) is 0 Å². The average molecular weight is 316 g/mol. The Balaban J connectivity index is 2.21. The fourth-order valence-electron chi connectivity index (χ4n) is 1.71. The van der Waals surface area contributed by atoms with Crippen LogP contribution in [0.15, 0.2) is 36.4 Å². The third-order valence-corrected chi connectivity index (χ3v) is 4.36. The highest BCUT2D eigenvalue weighted by Gasteiger charge is 2.22. The Kier molecular flexibility index (Phi) is 5.11. The minimum atomic E-state index is -0.191. The lowest BCUT2D eigenvalue weighted by atomic mass is 10.1. The van der Waals surface area contributed by atoms with E-state index in [0.29, 0.717) is 5.02 Å². The van der Waals surface area contributed by atoms with E-state index in [9.17, 15) is 0 Å². The van der Waals surface area contributed by atoms with Gasteiger partial charge < -0.3 is 10.5 Å². The van der Waals surface area contributed by atoms with Crippen LogP contribution >= 0.6 is 34.5 Å². The molecule has 19 heavy (non-hydrogen) atoms. The monoisotopic (exact) mass is 315 g/mol. The predicted molar refractivity (Wildman–Crippen MR) is 82.4 cm³/mol. The van der Waals surface area contributed by atoms with Gasteiger partial charge in [-0.1, -0.05) is 30.1 Å². The highest BCUT2D eigenvalue weighted by Crippen LogP contribution is 2.32. The second-order valence-electron chi connectivity index (χ2n) is 4.21. The summed E-state index contributed by atoms with van der Waals surface area (Å²) in [6, 6.07) is 11.0. The number of hydrogen-bond donors (Lipinski definition) is 1. The first-order valence-corrected chi connectivity index (χ1v) is 7.60. The molecule has 0 fully saturated rings. The molecule has 1 aromatic heterocycles. The maximum absolute atomic E-state index is 6.15. The van der Waals surface area contributed by atoms with E-state index in [-0.39, 0.29) is 12.1 Å². The molecule has 2 rings (SSSR count). The van der Waals surface area contributed by atoms with Gasteiger partial charge in [0.25, 0.3) is 0 Å². The van der Waals surface area contributed by atoms with E-state index in [0.717, 1.165) is 21.4 Å². The smallest absolute Gasteiger partial charge is 0.148 e. The predicted octanol–water partition coefficient (Wildman–Crippen LogP) is 4.91. The summed E-state index contributed by atoms with van der Waals surface area (Å²) in [5.74, 6) is 0.753. The zero-order valence-corrected chi connectivity index (χ0v) is 12.8. The number of thiophene rings is 1. The van der Waals surface area contributed by atoms with Gasteiger partial charge in [-0.05, 0) is 42.8 Å². The van der Waals surface area contributed by atoms with Gasteiger partial charge in [-0.2, -0.15) is 0 Å². The molecule has 0 bridgehead atoms. The van der Waals surface area contributed by atoms with Crippen molar-refractivity contribution >= 4 is 34.5 Å². The first kappa shape index (κ1) is 14.7. The second-order valence-corrected chi connectivity index (χ2v) is 6.39. The third kappa shape index (κ3) is 3.86. The Morgan fingerprint density at radius 2 is 1.84 bits per heavy atom. The molecule has 0 amide bonds. The lowest BCUT2D eigenvalue weighted by Crippen LogP contribution is -2.30. The van der Waals surface area contributed by atoms with Crippen molar-refractivity contribution in [1.29, 1.82) is 0 Å². The van der Waals surface area contributed by atoms with Gasteiger partial charge in [-0.25, -0.2) is 0 Å². The van der Waals surface area contributed by atoms with Crippen LogP contribution in [0.2, 0.25) is 9.36 Å². The summed E-state index contributed by atoms with van der Waals surface area (Å²) < 4.78 is 6.73. The molecule has 0 aliphatic heterocycles. The van der Waals surface area contributed by atoms with E-state index in [1.165, 1.54) is 11.3 Å². The first-order chi connectivity index (χ1) is 9.10. The molecule has 2 aromatic rings. The van der Waals surface area contributed by atoms with Crippen LogP contribution in [-0.4, -0.2) is 6.04 Å². The van der Waals surface area contributed by atoms with E-state index < -0.39 is 0 Å². The molecule has 2 nitrogen and oxygen atoms in total. The van der Waals surface area contributed by atoms with E-state index >= 15 is 0 Å². The largest absolute Gasteiger partial charge is 0.483 e. The van der Waals surface area contributed by atoms with Crippen molar-refractivity contribution < 1.29 is 4.74 Å². The summed E-state index contributed by atoms with van der Waals surface area (Å²) in [4.78, 5) is 1.04. The van der Waals surface area contributed by atoms with Crippen molar-refractivity contribution in [2.75, 3.05) is 0 Å². The second kappa shape index (κ2) is 6.62. The van der Waals surface area contributed by atoms with Gasteiger partial charge in [0, 0.05) is 15.9 Å². The number of benzene rings is 1. The molecule has 5 heteroatoms. The molecule has 2 atom stereocenters. The molecule has 0 saturated heterocycles. The summed E-state index contributed by atoms with van der Waals surface area (Å²) in [6.45, 7) is 2.04. The molecule has 2 N–H and O–H groups in total. The quantitative estimate of drug-likeness (QED) is 0.850. The van der Waals surface area contributed by atoms with Crippen LogP contribution in [0.25, 0.3) is 0 Å². The highest BCUT2D eigenvalue weighted by atomic mass is 35.5. The molecule has 1 aromatic carbocycles. The van der Waals surface area contributed by atoms with Gasteiger partial charge in [0.1, 0.15) is 11.9 Å². The van der Waals surface area contributed by atoms with E-state index in [1.807, 2.05) is 31.2 Å². The maximum Gasteiger partial charge on any atom is 0.148 e. The Morgan fingerprint density at radius 3 is 2.37 bits per heavy atom. The Morgan fingerprint density at radius 1 is 1.16 bits per heavy atom. The summed E-state index contributed by atoms with van der Waals surface area (Å²) >= 11 is 13.3. The van der Waals surface area contributed by atoms with Crippen LogP contribution in [0.4, 0.5) is 0 Å². The molecule has 1 heterocycles. The summed E-state index contributed by atoms with van der Waals surface area (Å²) in [7, 11) is 0. The molecular weight excluding hydrogens is 301 g/mol. The van der Waals surface area contributed by atoms with Gasteiger partial charge in [-0.15, -0.1) is 11.3 Å². The zero-order valence-electron chi connectivity index (χ0n) is 10.5. The number of ether oxygens (including phenoxy) is 1. The zero-order chi connectivity index (χ0) is 13.8. The summed E-state index contributed by atoms with van der Waals surface area (Å²) in [5.41, 5.74) is 6.15. The van der Waals surface area contributed by atoms with Gasteiger partial charge in [0.05, 0.1) is 4.34 Å². The van der Waals surface area contributed by atoms with Crippen molar-refractivity contribution in [2.24, 2.45) is 5.73 Å². The van der Waals surface area contributed by atoms with Gasteiger partial charge in [-0.3, -0.25) is 0 Å². The van der Waals surface area contributed by atoms with E-state index in [4.69, 9.17) is 33.7 Å². The lowest BCUT2D eigenvalue weighted by molar-refractivity contribution is 0.174. The van der Waals surface area contributed by atoms with Crippen LogP contribution in [-0.2, 0) is 0 Å². The summed E-state index contributed by atoms with van der Waals surface area (Å²) in [5, 5.41) is 0.683. The van der Waals surface area contributed by atoms with Crippen molar-refractivity contribution in [3.05, 3.63) is 50.6 Å². The number of halogens is 2. The SMILES string of the molecule is CCC(N)C(Oc1ccc(Cl)cc1)c1ccc(Cl)s1. The fraction of sp³-hybridized carbons (Fsp3) is 0.286. The number of nitrogens with two attached hydrogens (primary N) is 1. The lowest BCUT2D eigenvalue weighted by Gasteiger charge is -2.23. The van der Waals surface area contributed by atoms with E-state index in [2.05, 4.69) is 0 Å². The van der Waals surface area contributed by atoms with Crippen LogP contribution in [0.3, 0.4) is 0 Å². The van der Waals surface area contributed by atoms with Crippen molar-refractivity contribution in [3.63, 3.8) is 0 Å². The van der Waals surface area contributed by atoms with Gasteiger partial charge >= 0.3 is 0 Å². The van der Waals surface area contributed by atoms with Crippen LogP contribution in [0.1, 0.15) is 24.3 Å². The fourth-order valence-corrected chi connectivity index (χ4v) is 3.00. The van der Waals surface area contributed by atoms with Crippen LogP contribution in [0, 0.1) is 0 Å². The summed E-state index contributed by atoms with van der Waals surface area (Å²) in [6.07, 6.45) is 0.636. The number of hydrogen-bond acceptors (Lipinski definition) is 3. The first-order valence-electron chi connectivity index (χ1n) is 6.03. The van der Waals surface area contributed by atoms with Crippen molar-refractivity contribution in [2.45, 2.75) is 25.5 Å². The molecule has 0 spiro atoms. The number of rotatable bonds is 5. The van der Waals surface area contributed by atoms with Gasteiger partial charge in [0.15, 0.2) is 0 Å². The normalized spacial score (nSPS) is 14.1. The molecule has 0 radical (unpaired) electrons. The standard InChI is InChI=1S/C14H15Cl2NOS/c1-2-11(17)14(12-7-8-13(16)19-12)18-10-5-3-9(15)4-6-10/h3-8,11,14H,2,17H2,1H3. The Bertz CT molecular complexity index is 526. The maximum atomic E-state index is 6.15. The highest BCUT2D eigenvalue weighted by molar-refractivity contribution is 7.16. The minimum absolute atomic E-state index is 0.0783. The van der Waals surface area contributed by atoms with E-state index in [1.54, 1.807) is 12.1 Å². The Hall–Kier alpha value is -0.740. The minimum Gasteiger partial charge on any atom is -0.483 e. The molecule has 102 valence electrons. The van der Waals surface area contributed by atoms with Crippen molar-refractivity contribution in [3.8, 4) is 5.75 Å².